The van der Waals surface area contributed by atoms with E-state index < -0.39 is 10.0 Å². The van der Waals surface area contributed by atoms with Crippen molar-refractivity contribution in [2.24, 2.45) is 0 Å². The molecule has 2 N–H and O–H groups in total. The second kappa shape index (κ2) is 5.89. The lowest BCUT2D eigenvalue weighted by Gasteiger charge is -2.22. The summed E-state index contributed by atoms with van der Waals surface area (Å²) in [7, 11) is -3.25. The standard InChI is InChI=1S/C14H20N6O2S/c1-9-7-14(19-18-9)17-13-8-11(15-10(2)16-13)12-5-4-6-20(12)23(3,21)22/h7-8,12H,4-6H2,1-3H3,(H2,15,16,17,18,19). The molecule has 1 unspecified atom stereocenters. The van der Waals surface area contributed by atoms with Crippen LogP contribution in [-0.4, -0.2) is 45.7 Å². The molecule has 0 bridgehead atoms. The van der Waals surface area contributed by atoms with Crippen molar-refractivity contribution in [3.05, 3.63) is 29.3 Å². The highest BCUT2D eigenvalue weighted by Gasteiger charge is 2.33. The number of sulfonamides is 1. The van der Waals surface area contributed by atoms with Gasteiger partial charge < -0.3 is 5.32 Å². The number of nitrogens with zero attached hydrogens (tertiary/aromatic N) is 4. The molecule has 1 aliphatic heterocycles. The van der Waals surface area contributed by atoms with Crippen molar-refractivity contribution >= 4 is 21.7 Å². The van der Waals surface area contributed by atoms with Crippen molar-refractivity contribution in [1.29, 1.82) is 0 Å². The van der Waals surface area contributed by atoms with E-state index in [-0.39, 0.29) is 6.04 Å². The maximum Gasteiger partial charge on any atom is 0.211 e. The minimum atomic E-state index is -3.25. The van der Waals surface area contributed by atoms with Crippen molar-refractivity contribution in [1.82, 2.24) is 24.5 Å². The van der Waals surface area contributed by atoms with Gasteiger partial charge >= 0.3 is 0 Å². The highest BCUT2D eigenvalue weighted by atomic mass is 32.2. The van der Waals surface area contributed by atoms with Gasteiger partial charge in [-0.25, -0.2) is 18.4 Å². The van der Waals surface area contributed by atoms with E-state index in [0.717, 1.165) is 24.2 Å². The van der Waals surface area contributed by atoms with Crippen molar-refractivity contribution in [2.45, 2.75) is 32.7 Å². The van der Waals surface area contributed by atoms with Crippen LogP contribution in [0.25, 0.3) is 0 Å². The van der Waals surface area contributed by atoms with Crippen LogP contribution in [-0.2, 0) is 10.0 Å². The molecule has 2 aromatic rings. The van der Waals surface area contributed by atoms with E-state index in [2.05, 4.69) is 25.5 Å². The summed E-state index contributed by atoms with van der Waals surface area (Å²) in [5.41, 5.74) is 1.66. The molecule has 0 saturated carbocycles. The number of rotatable bonds is 4. The molecule has 1 saturated heterocycles. The lowest BCUT2D eigenvalue weighted by atomic mass is 10.1. The number of hydrogen-bond donors (Lipinski definition) is 2. The second-order valence-electron chi connectivity index (χ2n) is 5.82. The molecule has 3 heterocycles. The number of aryl methyl sites for hydroxylation is 2. The molecule has 1 fully saturated rings. The van der Waals surface area contributed by atoms with E-state index in [4.69, 9.17) is 0 Å². The molecule has 1 aliphatic rings. The van der Waals surface area contributed by atoms with Crippen LogP contribution < -0.4 is 5.32 Å². The minimum absolute atomic E-state index is 0.229. The molecule has 1 atom stereocenters. The van der Waals surface area contributed by atoms with Gasteiger partial charge in [-0.2, -0.15) is 9.40 Å². The Kier molecular flexibility index (Phi) is 4.07. The lowest BCUT2D eigenvalue weighted by Crippen LogP contribution is -2.30. The first-order valence-electron chi connectivity index (χ1n) is 7.44. The molecule has 3 rings (SSSR count). The summed E-state index contributed by atoms with van der Waals surface area (Å²) in [4.78, 5) is 8.79. The summed E-state index contributed by atoms with van der Waals surface area (Å²) in [5, 5.41) is 10.1. The van der Waals surface area contributed by atoms with Gasteiger partial charge in [-0.1, -0.05) is 0 Å². The third kappa shape index (κ3) is 3.50. The zero-order chi connectivity index (χ0) is 16.6. The molecule has 9 heteroatoms. The van der Waals surface area contributed by atoms with Gasteiger partial charge in [0, 0.05) is 24.4 Å². The fourth-order valence-electron chi connectivity index (χ4n) is 2.87. The Morgan fingerprint density at radius 3 is 2.70 bits per heavy atom. The van der Waals surface area contributed by atoms with E-state index in [9.17, 15) is 8.42 Å². The highest BCUT2D eigenvalue weighted by molar-refractivity contribution is 7.88. The monoisotopic (exact) mass is 336 g/mol. The molecule has 8 nitrogen and oxygen atoms in total. The van der Waals surface area contributed by atoms with Gasteiger partial charge in [-0.05, 0) is 26.7 Å². The van der Waals surface area contributed by atoms with E-state index in [0.29, 0.717) is 24.0 Å². The highest BCUT2D eigenvalue weighted by Crippen LogP contribution is 2.33. The summed E-state index contributed by atoms with van der Waals surface area (Å²) in [6.45, 7) is 4.25. The summed E-state index contributed by atoms with van der Waals surface area (Å²) in [5.74, 6) is 1.87. The van der Waals surface area contributed by atoms with Crippen LogP contribution >= 0.6 is 0 Å². The quantitative estimate of drug-likeness (QED) is 0.880. The van der Waals surface area contributed by atoms with Crippen LogP contribution in [0.1, 0.15) is 36.1 Å². The topological polar surface area (TPSA) is 104 Å². The van der Waals surface area contributed by atoms with Gasteiger partial charge in [0.25, 0.3) is 0 Å². The predicted molar refractivity (Wildman–Crippen MR) is 86.9 cm³/mol. The number of nitrogens with one attached hydrogen (secondary N) is 2. The van der Waals surface area contributed by atoms with Crippen LogP contribution in [0.2, 0.25) is 0 Å². The Balaban J connectivity index is 1.91. The van der Waals surface area contributed by atoms with Crippen LogP contribution in [0.3, 0.4) is 0 Å². The zero-order valence-electron chi connectivity index (χ0n) is 13.4. The summed E-state index contributed by atoms with van der Waals surface area (Å²) < 4.78 is 25.4. The molecular weight excluding hydrogens is 316 g/mol. The van der Waals surface area contributed by atoms with E-state index in [1.165, 1.54) is 10.6 Å². The predicted octanol–water partition coefficient (Wildman–Crippen LogP) is 1.66. The van der Waals surface area contributed by atoms with Crippen molar-refractivity contribution in [3.63, 3.8) is 0 Å². The zero-order valence-corrected chi connectivity index (χ0v) is 14.2. The second-order valence-corrected chi connectivity index (χ2v) is 7.75. The number of anilines is 2. The number of aromatic amines is 1. The Bertz CT molecular complexity index is 816. The largest absolute Gasteiger partial charge is 0.323 e. The summed E-state index contributed by atoms with van der Waals surface area (Å²) in [6.07, 6.45) is 2.84. The van der Waals surface area contributed by atoms with Gasteiger partial charge in [0.05, 0.1) is 18.0 Å². The van der Waals surface area contributed by atoms with E-state index >= 15 is 0 Å². The first-order chi connectivity index (χ1) is 10.8. The molecule has 0 aromatic carbocycles. The maximum absolute atomic E-state index is 11.9. The molecule has 2 aromatic heterocycles. The van der Waals surface area contributed by atoms with Crippen LogP contribution in [0, 0.1) is 13.8 Å². The molecule has 0 aliphatic carbocycles. The first kappa shape index (κ1) is 15.9. The minimum Gasteiger partial charge on any atom is -0.323 e. The van der Waals surface area contributed by atoms with E-state index in [1.54, 1.807) is 13.0 Å². The Morgan fingerprint density at radius 1 is 1.26 bits per heavy atom. The molecule has 124 valence electrons. The van der Waals surface area contributed by atoms with Gasteiger partial charge in [0.15, 0.2) is 5.82 Å². The third-order valence-corrected chi connectivity index (χ3v) is 5.08. The van der Waals surface area contributed by atoms with Crippen LogP contribution in [0.4, 0.5) is 11.6 Å². The third-order valence-electron chi connectivity index (χ3n) is 3.79. The Hall–Kier alpha value is -2.00. The van der Waals surface area contributed by atoms with Crippen LogP contribution in [0.5, 0.6) is 0 Å². The van der Waals surface area contributed by atoms with E-state index in [1.807, 2.05) is 13.0 Å². The molecule has 0 amide bonds. The van der Waals surface area contributed by atoms with Gasteiger partial charge in [-0.3, -0.25) is 5.10 Å². The van der Waals surface area contributed by atoms with Gasteiger partial charge in [0.2, 0.25) is 10.0 Å². The van der Waals surface area contributed by atoms with Crippen molar-refractivity contribution < 1.29 is 8.42 Å². The van der Waals surface area contributed by atoms with Crippen molar-refractivity contribution in [3.8, 4) is 0 Å². The number of H-pyrrole nitrogens is 1. The first-order valence-corrected chi connectivity index (χ1v) is 9.29. The van der Waals surface area contributed by atoms with Crippen molar-refractivity contribution in [2.75, 3.05) is 18.1 Å². The maximum atomic E-state index is 11.9. The smallest absolute Gasteiger partial charge is 0.211 e. The van der Waals surface area contributed by atoms with Gasteiger partial charge in [0.1, 0.15) is 11.6 Å². The Morgan fingerprint density at radius 2 is 2.04 bits per heavy atom. The normalized spacial score (nSPS) is 19.2. The lowest BCUT2D eigenvalue weighted by molar-refractivity contribution is 0.393. The molecule has 0 radical (unpaired) electrons. The number of aromatic nitrogens is 4. The SMILES string of the molecule is Cc1nc(Nc2cc(C)[nH]n2)cc(C2CCCN2S(C)(=O)=O)n1. The fraction of sp³-hybridized carbons (Fsp3) is 0.500. The van der Waals surface area contributed by atoms with Crippen LogP contribution in [0.15, 0.2) is 12.1 Å². The molecule has 23 heavy (non-hydrogen) atoms. The average molecular weight is 336 g/mol. The summed E-state index contributed by atoms with van der Waals surface area (Å²) >= 11 is 0. The number of hydrogen-bond acceptors (Lipinski definition) is 6. The molecular formula is C14H20N6O2S. The fourth-order valence-corrected chi connectivity index (χ4v) is 4.01. The average Bonchev–Trinajstić information content (AvgIpc) is 3.06. The Labute approximate surface area is 135 Å². The summed E-state index contributed by atoms with van der Waals surface area (Å²) in [6, 6.07) is 3.44. The molecule has 0 spiro atoms. The van der Waals surface area contributed by atoms with Gasteiger partial charge in [-0.15, -0.1) is 0 Å².